The molecule has 0 atom stereocenters. The van der Waals surface area contributed by atoms with Gasteiger partial charge in [0.25, 0.3) is 0 Å². The zero-order valence-electron chi connectivity index (χ0n) is 12.3. The van der Waals surface area contributed by atoms with Gasteiger partial charge >= 0.3 is 0 Å². The van der Waals surface area contributed by atoms with Crippen molar-refractivity contribution in [3.63, 3.8) is 0 Å². The van der Waals surface area contributed by atoms with Crippen LogP contribution in [0.1, 0.15) is 36.0 Å². The lowest BCUT2D eigenvalue weighted by Gasteiger charge is -2.28. The summed E-state index contributed by atoms with van der Waals surface area (Å²) in [6.45, 7) is 0.848. The van der Waals surface area contributed by atoms with Crippen molar-refractivity contribution in [3.8, 4) is 0 Å². The Morgan fingerprint density at radius 3 is 2.81 bits per heavy atom. The van der Waals surface area contributed by atoms with Crippen molar-refractivity contribution < 1.29 is 14.3 Å². The maximum Gasteiger partial charge on any atom is 0.180 e. The molecule has 0 spiro atoms. The average Bonchev–Trinajstić information content (AvgIpc) is 3.04. The van der Waals surface area contributed by atoms with Gasteiger partial charge in [-0.2, -0.15) is 0 Å². The second kappa shape index (κ2) is 5.62. The van der Waals surface area contributed by atoms with Gasteiger partial charge in [0.1, 0.15) is 11.8 Å². The smallest absolute Gasteiger partial charge is 0.180 e. The second-order valence-electron chi connectivity index (χ2n) is 6.17. The van der Waals surface area contributed by atoms with E-state index in [2.05, 4.69) is 0 Å². The third-order valence-electron chi connectivity index (χ3n) is 4.29. The Morgan fingerprint density at radius 1 is 1.33 bits per heavy atom. The van der Waals surface area contributed by atoms with Crippen LogP contribution in [0.4, 0.5) is 0 Å². The van der Waals surface area contributed by atoms with Crippen LogP contribution in [0.3, 0.4) is 0 Å². The highest BCUT2D eigenvalue weighted by Crippen LogP contribution is 2.30. The molecule has 4 heteroatoms. The Balaban J connectivity index is 1.68. The summed E-state index contributed by atoms with van der Waals surface area (Å²) in [6.07, 6.45) is 5.35. The van der Waals surface area contributed by atoms with Gasteiger partial charge in [-0.05, 0) is 26.0 Å². The summed E-state index contributed by atoms with van der Waals surface area (Å²) >= 11 is 0. The Labute approximate surface area is 124 Å². The molecule has 0 amide bonds. The fraction of sp³-hybridized carbons (Fsp3) is 0.471. The molecule has 1 aromatic heterocycles. The lowest BCUT2D eigenvalue weighted by atomic mass is 10.0. The summed E-state index contributed by atoms with van der Waals surface area (Å²) in [5, 5.41) is 11.3. The molecule has 1 aliphatic carbocycles. The summed E-state index contributed by atoms with van der Waals surface area (Å²) in [7, 11) is 1.89. The highest BCUT2D eigenvalue weighted by Gasteiger charge is 2.32. The molecule has 1 aliphatic rings. The Bertz CT molecular complexity index is 640. The van der Waals surface area contributed by atoms with Crippen LogP contribution in [0.25, 0.3) is 11.0 Å². The van der Waals surface area contributed by atoms with Gasteiger partial charge in [0.05, 0.1) is 17.7 Å². The van der Waals surface area contributed by atoms with Gasteiger partial charge in [-0.25, -0.2) is 0 Å². The number of hydrogen-bond donors (Lipinski definition) is 1. The average molecular weight is 287 g/mol. The summed E-state index contributed by atoms with van der Waals surface area (Å²) in [5.74, 6) is 0.0315. The van der Waals surface area contributed by atoms with Gasteiger partial charge in [-0.3, -0.25) is 9.69 Å². The van der Waals surface area contributed by atoms with Crippen molar-refractivity contribution in [2.75, 3.05) is 20.1 Å². The van der Waals surface area contributed by atoms with Crippen molar-refractivity contribution in [2.45, 2.75) is 31.3 Å². The van der Waals surface area contributed by atoms with E-state index in [-0.39, 0.29) is 5.78 Å². The maximum atomic E-state index is 12.4. The topological polar surface area (TPSA) is 53.7 Å². The fourth-order valence-electron chi connectivity index (χ4n) is 3.27. The number of aliphatic hydroxyl groups is 1. The number of carbonyl (C=O) groups is 1. The second-order valence-corrected chi connectivity index (χ2v) is 6.17. The number of hydrogen-bond acceptors (Lipinski definition) is 4. The number of ketones is 1. The minimum absolute atomic E-state index is 0.0315. The third kappa shape index (κ3) is 3.01. The number of fused-ring (bicyclic) bond motifs is 1. The van der Waals surface area contributed by atoms with Gasteiger partial charge < -0.3 is 9.52 Å². The standard InChI is InChI=1S/C17H21NO3/c1-18(12-17(20)8-4-5-9-17)10-15(19)14-11-21-16-7-3-2-6-13(14)16/h2-3,6-7,11,20H,4-5,8-10,12H2,1H3. The molecule has 0 bridgehead atoms. The third-order valence-corrected chi connectivity index (χ3v) is 4.29. The van der Waals surface area contributed by atoms with Crippen LogP contribution in [0.15, 0.2) is 34.9 Å². The molecule has 1 fully saturated rings. The molecule has 3 rings (SSSR count). The lowest BCUT2D eigenvalue weighted by Crippen LogP contribution is -2.41. The predicted molar refractivity (Wildman–Crippen MR) is 81.5 cm³/mol. The van der Waals surface area contributed by atoms with Crippen LogP contribution in [-0.2, 0) is 0 Å². The molecule has 0 aliphatic heterocycles. The van der Waals surface area contributed by atoms with Crippen LogP contribution < -0.4 is 0 Å². The number of para-hydroxylation sites is 1. The summed E-state index contributed by atoms with van der Waals surface area (Å²) < 4.78 is 5.42. The summed E-state index contributed by atoms with van der Waals surface area (Å²) in [6, 6.07) is 7.55. The normalized spacial score (nSPS) is 17.7. The molecule has 0 unspecified atom stereocenters. The summed E-state index contributed by atoms with van der Waals surface area (Å²) in [5.41, 5.74) is 0.738. The van der Waals surface area contributed by atoms with Crippen LogP contribution in [0, 0.1) is 0 Å². The monoisotopic (exact) mass is 287 g/mol. The zero-order chi connectivity index (χ0) is 14.9. The number of Topliss-reactive ketones (excluding diaryl/α,β-unsaturated/α-hetero) is 1. The van der Waals surface area contributed by atoms with Crippen molar-refractivity contribution in [1.82, 2.24) is 4.90 Å². The number of nitrogens with zero attached hydrogens (tertiary/aromatic N) is 1. The van der Waals surface area contributed by atoms with E-state index in [4.69, 9.17) is 4.42 Å². The van der Waals surface area contributed by atoms with Crippen molar-refractivity contribution in [3.05, 3.63) is 36.1 Å². The van der Waals surface area contributed by atoms with E-state index in [0.29, 0.717) is 18.7 Å². The molecule has 0 saturated heterocycles. The number of likely N-dealkylation sites (N-methyl/N-ethyl adjacent to an activating group) is 1. The predicted octanol–water partition coefficient (Wildman–Crippen LogP) is 2.85. The molecule has 4 nitrogen and oxygen atoms in total. The molecular weight excluding hydrogens is 266 g/mol. The quantitative estimate of drug-likeness (QED) is 0.859. The molecule has 112 valence electrons. The van der Waals surface area contributed by atoms with Gasteiger partial charge in [-0.15, -0.1) is 0 Å². The SMILES string of the molecule is CN(CC(=O)c1coc2ccccc12)CC1(O)CCCC1. The minimum Gasteiger partial charge on any atom is -0.464 e. The fourth-order valence-corrected chi connectivity index (χ4v) is 3.27. The first-order valence-corrected chi connectivity index (χ1v) is 7.48. The van der Waals surface area contributed by atoms with Gasteiger partial charge in [0.15, 0.2) is 5.78 Å². The highest BCUT2D eigenvalue weighted by molar-refractivity contribution is 6.08. The van der Waals surface area contributed by atoms with Crippen LogP contribution in [0.5, 0.6) is 0 Å². The molecule has 21 heavy (non-hydrogen) atoms. The van der Waals surface area contributed by atoms with E-state index >= 15 is 0 Å². The molecule has 1 saturated carbocycles. The van der Waals surface area contributed by atoms with E-state index < -0.39 is 5.60 Å². The van der Waals surface area contributed by atoms with Crippen LogP contribution >= 0.6 is 0 Å². The Morgan fingerprint density at radius 2 is 2.05 bits per heavy atom. The maximum absolute atomic E-state index is 12.4. The van der Waals surface area contributed by atoms with Crippen molar-refractivity contribution in [2.24, 2.45) is 0 Å². The van der Waals surface area contributed by atoms with E-state index in [9.17, 15) is 9.90 Å². The first-order chi connectivity index (χ1) is 10.1. The van der Waals surface area contributed by atoms with Crippen molar-refractivity contribution in [1.29, 1.82) is 0 Å². The first kappa shape index (κ1) is 14.3. The molecule has 2 aromatic rings. The molecular formula is C17H21NO3. The zero-order valence-corrected chi connectivity index (χ0v) is 12.3. The number of carbonyl (C=O) groups excluding carboxylic acids is 1. The van der Waals surface area contributed by atoms with E-state index in [1.54, 1.807) is 0 Å². The molecule has 1 N–H and O–H groups in total. The molecule has 1 aromatic carbocycles. The molecule has 1 heterocycles. The van der Waals surface area contributed by atoms with Gasteiger partial charge in [0, 0.05) is 11.9 Å². The van der Waals surface area contributed by atoms with E-state index in [1.165, 1.54) is 6.26 Å². The van der Waals surface area contributed by atoms with Gasteiger partial charge in [0.2, 0.25) is 0 Å². The van der Waals surface area contributed by atoms with Crippen LogP contribution in [0.2, 0.25) is 0 Å². The highest BCUT2D eigenvalue weighted by atomic mass is 16.3. The van der Waals surface area contributed by atoms with Crippen molar-refractivity contribution >= 4 is 16.8 Å². The first-order valence-electron chi connectivity index (χ1n) is 7.48. The summed E-state index contributed by atoms with van der Waals surface area (Å²) in [4.78, 5) is 14.3. The lowest BCUT2D eigenvalue weighted by molar-refractivity contribution is 0.0172. The van der Waals surface area contributed by atoms with E-state index in [1.807, 2.05) is 36.2 Å². The Hall–Kier alpha value is -1.65. The van der Waals surface area contributed by atoms with E-state index in [0.717, 1.165) is 36.7 Å². The molecule has 0 radical (unpaired) electrons. The largest absolute Gasteiger partial charge is 0.464 e. The van der Waals surface area contributed by atoms with Crippen LogP contribution in [-0.4, -0.2) is 41.5 Å². The number of rotatable bonds is 5. The van der Waals surface area contributed by atoms with Gasteiger partial charge in [-0.1, -0.05) is 31.0 Å². The minimum atomic E-state index is -0.618. The number of benzene rings is 1. The number of furan rings is 1. The Kier molecular flexibility index (Phi) is 3.83.